The van der Waals surface area contributed by atoms with Gasteiger partial charge >= 0.3 is 6.18 Å². The third-order valence-corrected chi connectivity index (χ3v) is 2.28. The van der Waals surface area contributed by atoms with Gasteiger partial charge in [0.15, 0.2) is 0 Å². The molecule has 16 heavy (non-hydrogen) atoms. The third kappa shape index (κ3) is 4.18. The van der Waals surface area contributed by atoms with Crippen LogP contribution in [0.5, 0.6) is 0 Å². The van der Waals surface area contributed by atoms with Gasteiger partial charge in [0, 0.05) is 13.5 Å². The summed E-state index contributed by atoms with van der Waals surface area (Å²) in [5.41, 5.74) is 0. The van der Waals surface area contributed by atoms with Crippen molar-refractivity contribution in [3.05, 3.63) is 11.6 Å². The highest BCUT2D eigenvalue weighted by molar-refractivity contribution is 4.91. The Morgan fingerprint density at radius 2 is 2.00 bits per heavy atom. The summed E-state index contributed by atoms with van der Waals surface area (Å²) in [7, 11) is 1.82. The predicted molar refractivity (Wildman–Crippen MR) is 52.7 cm³/mol. The van der Waals surface area contributed by atoms with Gasteiger partial charge in [-0.3, -0.25) is 0 Å². The largest absolute Gasteiger partial charge is 0.389 e. The van der Waals surface area contributed by atoms with Gasteiger partial charge in [0.1, 0.15) is 11.6 Å². The molecule has 0 saturated heterocycles. The molecule has 0 aliphatic carbocycles. The molecule has 0 fully saturated rings. The maximum Gasteiger partial charge on any atom is 0.389 e. The van der Waals surface area contributed by atoms with Crippen molar-refractivity contribution in [3.63, 3.8) is 0 Å². The van der Waals surface area contributed by atoms with Gasteiger partial charge in [-0.15, -0.1) is 10.2 Å². The average molecular weight is 236 g/mol. The molecule has 0 atom stereocenters. The maximum absolute atomic E-state index is 11.8. The first kappa shape index (κ1) is 13.0. The summed E-state index contributed by atoms with van der Waals surface area (Å²) < 4.78 is 37.3. The van der Waals surface area contributed by atoms with Crippen LogP contribution in [-0.4, -0.2) is 27.5 Å². The third-order valence-electron chi connectivity index (χ3n) is 2.28. The van der Waals surface area contributed by atoms with Gasteiger partial charge in [-0.25, -0.2) is 0 Å². The molecule has 1 aromatic rings. The lowest BCUT2D eigenvalue weighted by molar-refractivity contribution is -0.135. The Bertz CT molecular complexity index is 332. The fourth-order valence-electron chi connectivity index (χ4n) is 1.22. The van der Waals surface area contributed by atoms with Crippen LogP contribution in [-0.2, 0) is 13.6 Å². The number of nitrogens with zero attached hydrogens (tertiary/aromatic N) is 3. The van der Waals surface area contributed by atoms with E-state index in [2.05, 4.69) is 15.5 Å². The smallest absolute Gasteiger partial charge is 0.317 e. The summed E-state index contributed by atoms with van der Waals surface area (Å²) in [5, 5.41) is 10.6. The second-order valence-electron chi connectivity index (χ2n) is 3.62. The summed E-state index contributed by atoms with van der Waals surface area (Å²) in [4.78, 5) is 0. The van der Waals surface area contributed by atoms with E-state index in [0.717, 1.165) is 11.6 Å². The minimum Gasteiger partial charge on any atom is -0.317 e. The van der Waals surface area contributed by atoms with E-state index in [1.165, 1.54) is 0 Å². The van der Waals surface area contributed by atoms with E-state index in [-0.39, 0.29) is 6.42 Å². The van der Waals surface area contributed by atoms with Crippen LogP contribution in [0, 0.1) is 6.92 Å². The number of rotatable bonds is 5. The molecule has 1 N–H and O–H groups in total. The van der Waals surface area contributed by atoms with Crippen LogP contribution >= 0.6 is 0 Å². The first-order chi connectivity index (χ1) is 7.40. The SMILES string of the molecule is Cc1nnc(CNCCCC(F)(F)F)n1C. The highest BCUT2D eigenvalue weighted by Crippen LogP contribution is 2.20. The van der Waals surface area contributed by atoms with Crippen molar-refractivity contribution >= 4 is 0 Å². The summed E-state index contributed by atoms with van der Waals surface area (Å²) in [5.74, 6) is 1.51. The van der Waals surface area contributed by atoms with Gasteiger partial charge in [0.05, 0.1) is 6.54 Å². The molecule has 0 aliphatic rings. The minimum absolute atomic E-state index is 0.0837. The van der Waals surface area contributed by atoms with Gasteiger partial charge < -0.3 is 9.88 Å². The fraction of sp³-hybridized carbons (Fsp3) is 0.778. The number of alkyl halides is 3. The molecule has 0 aliphatic heterocycles. The van der Waals surface area contributed by atoms with Crippen molar-refractivity contribution in [2.75, 3.05) is 6.54 Å². The molecule has 0 radical (unpaired) electrons. The van der Waals surface area contributed by atoms with Crippen LogP contribution < -0.4 is 5.32 Å². The van der Waals surface area contributed by atoms with Gasteiger partial charge in [-0.05, 0) is 19.9 Å². The summed E-state index contributed by atoms with van der Waals surface area (Å²) in [6.45, 7) is 2.58. The Morgan fingerprint density at radius 1 is 1.31 bits per heavy atom. The van der Waals surface area contributed by atoms with Crippen molar-refractivity contribution in [1.82, 2.24) is 20.1 Å². The molecule has 4 nitrogen and oxygen atoms in total. The minimum atomic E-state index is -4.07. The summed E-state index contributed by atoms with van der Waals surface area (Å²) >= 11 is 0. The van der Waals surface area contributed by atoms with Crippen molar-refractivity contribution in [2.24, 2.45) is 7.05 Å². The summed E-state index contributed by atoms with van der Waals surface area (Å²) in [6.07, 6.45) is -4.73. The number of nitrogens with one attached hydrogen (secondary N) is 1. The zero-order valence-corrected chi connectivity index (χ0v) is 9.30. The number of aryl methyl sites for hydroxylation is 1. The number of hydrogen-bond acceptors (Lipinski definition) is 3. The molecule has 0 spiro atoms. The Hall–Kier alpha value is -1.11. The molecule has 0 amide bonds. The van der Waals surface area contributed by atoms with E-state index in [0.29, 0.717) is 13.1 Å². The maximum atomic E-state index is 11.8. The molecule has 7 heteroatoms. The van der Waals surface area contributed by atoms with Gasteiger partial charge in [-0.2, -0.15) is 13.2 Å². The van der Waals surface area contributed by atoms with Gasteiger partial charge in [-0.1, -0.05) is 0 Å². The standard InChI is InChI=1S/C9H15F3N4/c1-7-14-15-8(16(7)2)6-13-5-3-4-9(10,11)12/h13H,3-6H2,1-2H3. The fourth-order valence-corrected chi connectivity index (χ4v) is 1.22. The van der Waals surface area contributed by atoms with Crippen molar-refractivity contribution in [2.45, 2.75) is 32.5 Å². The zero-order valence-electron chi connectivity index (χ0n) is 9.30. The van der Waals surface area contributed by atoms with Crippen LogP contribution in [0.15, 0.2) is 0 Å². The molecule has 1 aromatic heterocycles. The van der Waals surface area contributed by atoms with Crippen LogP contribution in [0.1, 0.15) is 24.5 Å². The topological polar surface area (TPSA) is 42.7 Å². The number of aromatic nitrogens is 3. The van der Waals surface area contributed by atoms with Crippen LogP contribution in [0.25, 0.3) is 0 Å². The van der Waals surface area contributed by atoms with E-state index >= 15 is 0 Å². The normalized spacial score (nSPS) is 12.1. The van der Waals surface area contributed by atoms with Crippen LogP contribution in [0.2, 0.25) is 0 Å². The first-order valence-corrected chi connectivity index (χ1v) is 5.02. The zero-order chi connectivity index (χ0) is 12.2. The molecule has 1 rings (SSSR count). The summed E-state index contributed by atoms with van der Waals surface area (Å²) in [6, 6.07) is 0. The highest BCUT2D eigenvalue weighted by Gasteiger charge is 2.25. The number of hydrogen-bond donors (Lipinski definition) is 1. The van der Waals surface area contributed by atoms with Gasteiger partial charge in [0.2, 0.25) is 0 Å². The predicted octanol–water partition coefficient (Wildman–Crippen LogP) is 1.56. The second-order valence-corrected chi connectivity index (χ2v) is 3.62. The second kappa shape index (κ2) is 5.29. The molecular formula is C9H15F3N4. The van der Waals surface area contributed by atoms with Crippen molar-refractivity contribution in [3.8, 4) is 0 Å². The van der Waals surface area contributed by atoms with Crippen molar-refractivity contribution < 1.29 is 13.2 Å². The van der Waals surface area contributed by atoms with E-state index in [4.69, 9.17) is 0 Å². The molecule has 0 saturated carbocycles. The average Bonchev–Trinajstić information content (AvgIpc) is 2.47. The quantitative estimate of drug-likeness (QED) is 0.789. The lowest BCUT2D eigenvalue weighted by Gasteiger charge is -2.07. The molecule has 92 valence electrons. The number of halogens is 3. The van der Waals surface area contributed by atoms with E-state index < -0.39 is 12.6 Å². The Labute approximate surface area is 91.9 Å². The van der Waals surface area contributed by atoms with E-state index in [1.54, 1.807) is 4.57 Å². The molecule has 0 bridgehead atoms. The lowest BCUT2D eigenvalue weighted by atomic mass is 10.3. The lowest BCUT2D eigenvalue weighted by Crippen LogP contribution is -2.19. The van der Waals surface area contributed by atoms with Crippen molar-refractivity contribution in [1.29, 1.82) is 0 Å². The first-order valence-electron chi connectivity index (χ1n) is 5.02. The Morgan fingerprint density at radius 3 is 2.50 bits per heavy atom. The molecule has 1 heterocycles. The monoisotopic (exact) mass is 236 g/mol. The molecule has 0 aromatic carbocycles. The van der Waals surface area contributed by atoms with Crippen LogP contribution in [0.3, 0.4) is 0 Å². The van der Waals surface area contributed by atoms with E-state index in [9.17, 15) is 13.2 Å². The Balaban J connectivity index is 2.19. The molecular weight excluding hydrogens is 221 g/mol. The van der Waals surface area contributed by atoms with Crippen LogP contribution in [0.4, 0.5) is 13.2 Å². The van der Waals surface area contributed by atoms with E-state index in [1.807, 2.05) is 14.0 Å². The highest BCUT2D eigenvalue weighted by atomic mass is 19.4. The van der Waals surface area contributed by atoms with Gasteiger partial charge in [0.25, 0.3) is 0 Å². The Kier molecular flexibility index (Phi) is 4.28. The molecule has 0 unspecified atom stereocenters.